The number of aliphatic carboxylic acids is 1. The number of hydrogen-bond donors (Lipinski definition) is 3. The number of carbonyl (C=O) groups excluding carboxylic acids is 1. The zero-order valence-corrected chi connectivity index (χ0v) is 10.5. The van der Waals surface area contributed by atoms with E-state index in [1.165, 1.54) is 0 Å². The first kappa shape index (κ1) is 14.2. The van der Waals surface area contributed by atoms with Crippen molar-refractivity contribution < 1.29 is 14.7 Å². The Kier molecular flexibility index (Phi) is 4.85. The minimum atomic E-state index is -0.957. The van der Waals surface area contributed by atoms with Crippen LogP contribution in [0.15, 0.2) is 6.20 Å². The lowest BCUT2D eigenvalue weighted by Crippen LogP contribution is -2.40. The van der Waals surface area contributed by atoms with Crippen LogP contribution >= 0.6 is 0 Å². The van der Waals surface area contributed by atoms with Gasteiger partial charge in [-0.3, -0.25) is 14.3 Å². The lowest BCUT2D eigenvalue weighted by atomic mass is 10.1. The molecule has 0 aliphatic carbocycles. The smallest absolute Gasteiger partial charge is 0.303 e. The third-order valence-electron chi connectivity index (χ3n) is 2.57. The van der Waals surface area contributed by atoms with Gasteiger partial charge in [-0.1, -0.05) is 0 Å². The molecule has 0 aliphatic heterocycles. The molecule has 7 heteroatoms. The predicted molar refractivity (Wildman–Crippen MR) is 64.6 cm³/mol. The van der Waals surface area contributed by atoms with Crippen LogP contribution in [0.4, 0.5) is 0 Å². The maximum absolute atomic E-state index is 11.6. The summed E-state index contributed by atoms with van der Waals surface area (Å²) >= 11 is 0. The highest BCUT2D eigenvalue weighted by Crippen LogP contribution is 2.04. The van der Waals surface area contributed by atoms with E-state index in [-0.39, 0.29) is 18.7 Å². The quantitative estimate of drug-likeness (QED) is 0.636. The fourth-order valence-corrected chi connectivity index (χ4v) is 1.55. The van der Waals surface area contributed by atoms with E-state index < -0.39 is 12.0 Å². The normalized spacial score (nSPS) is 12.2. The fraction of sp³-hybridized carbons (Fsp3) is 0.545. The highest BCUT2D eigenvalue weighted by atomic mass is 16.4. The largest absolute Gasteiger partial charge is 0.481 e. The van der Waals surface area contributed by atoms with E-state index in [1.54, 1.807) is 11.7 Å². The Bertz CT molecular complexity index is 441. The second-order valence-electron chi connectivity index (χ2n) is 4.17. The van der Waals surface area contributed by atoms with Crippen LogP contribution in [0.5, 0.6) is 0 Å². The van der Waals surface area contributed by atoms with E-state index in [2.05, 4.69) is 10.4 Å². The molecule has 0 bridgehead atoms. The first-order valence-corrected chi connectivity index (χ1v) is 5.64. The molecule has 0 radical (unpaired) electrons. The first-order chi connectivity index (χ1) is 8.40. The van der Waals surface area contributed by atoms with Gasteiger partial charge in [-0.25, -0.2) is 0 Å². The summed E-state index contributed by atoms with van der Waals surface area (Å²) in [5.41, 5.74) is 7.33. The molecule has 1 amide bonds. The summed E-state index contributed by atoms with van der Waals surface area (Å²) in [6.07, 6.45) is 1.84. The number of aryl methyl sites for hydroxylation is 2. The van der Waals surface area contributed by atoms with Crippen LogP contribution in [-0.2, 0) is 23.2 Å². The number of nitrogens with zero attached hydrogens (tertiary/aromatic N) is 2. The van der Waals surface area contributed by atoms with Gasteiger partial charge in [-0.05, 0) is 13.3 Å². The van der Waals surface area contributed by atoms with Crippen molar-refractivity contribution in [3.8, 4) is 0 Å². The number of aromatic nitrogens is 2. The van der Waals surface area contributed by atoms with Crippen LogP contribution in [0.2, 0.25) is 0 Å². The fourth-order valence-electron chi connectivity index (χ4n) is 1.55. The van der Waals surface area contributed by atoms with Gasteiger partial charge in [-0.15, -0.1) is 0 Å². The average molecular weight is 254 g/mol. The van der Waals surface area contributed by atoms with Crippen LogP contribution in [0, 0.1) is 6.92 Å². The van der Waals surface area contributed by atoms with Crippen molar-refractivity contribution in [2.45, 2.75) is 32.4 Å². The minimum Gasteiger partial charge on any atom is -0.481 e. The Balaban J connectivity index is 2.41. The van der Waals surface area contributed by atoms with Crippen molar-refractivity contribution in [1.82, 2.24) is 15.1 Å². The maximum Gasteiger partial charge on any atom is 0.303 e. The molecule has 0 saturated carbocycles. The average Bonchev–Trinajstić information content (AvgIpc) is 2.61. The van der Waals surface area contributed by atoms with E-state index in [9.17, 15) is 9.59 Å². The first-order valence-electron chi connectivity index (χ1n) is 5.64. The van der Waals surface area contributed by atoms with Gasteiger partial charge in [-0.2, -0.15) is 5.10 Å². The van der Waals surface area contributed by atoms with Gasteiger partial charge in [0, 0.05) is 31.8 Å². The number of nitrogens with two attached hydrogens (primary N) is 1. The van der Waals surface area contributed by atoms with Crippen LogP contribution in [0.1, 0.15) is 24.1 Å². The summed E-state index contributed by atoms with van der Waals surface area (Å²) in [5, 5.41) is 15.3. The highest BCUT2D eigenvalue weighted by Gasteiger charge is 2.15. The molecule has 0 aromatic carbocycles. The number of amides is 1. The van der Waals surface area contributed by atoms with Gasteiger partial charge < -0.3 is 16.2 Å². The summed E-state index contributed by atoms with van der Waals surface area (Å²) < 4.78 is 1.67. The molecule has 4 N–H and O–H groups in total. The molecule has 0 spiro atoms. The van der Waals surface area contributed by atoms with Crippen molar-refractivity contribution in [1.29, 1.82) is 0 Å². The van der Waals surface area contributed by atoms with E-state index in [1.807, 2.05) is 13.1 Å². The number of rotatable bonds is 6. The van der Waals surface area contributed by atoms with Crippen molar-refractivity contribution >= 4 is 11.9 Å². The molecule has 0 fully saturated rings. The summed E-state index contributed by atoms with van der Waals surface area (Å²) in [6, 6.07) is -0.793. The molecule has 0 aliphatic rings. The number of hydrogen-bond acceptors (Lipinski definition) is 4. The number of carboxylic acid groups (broad SMARTS) is 1. The molecule has 1 unspecified atom stereocenters. The lowest BCUT2D eigenvalue weighted by molar-refractivity contribution is -0.137. The summed E-state index contributed by atoms with van der Waals surface area (Å²) in [5.74, 6) is -1.30. The van der Waals surface area contributed by atoms with Gasteiger partial charge in [0.2, 0.25) is 5.91 Å². The maximum atomic E-state index is 11.6. The van der Waals surface area contributed by atoms with Crippen molar-refractivity contribution in [2.75, 3.05) is 0 Å². The Morgan fingerprint density at radius 1 is 1.61 bits per heavy atom. The van der Waals surface area contributed by atoms with E-state index in [0.29, 0.717) is 6.54 Å². The lowest BCUT2D eigenvalue weighted by Gasteiger charge is -2.10. The Morgan fingerprint density at radius 2 is 2.28 bits per heavy atom. The molecule has 1 heterocycles. The second-order valence-corrected chi connectivity index (χ2v) is 4.17. The van der Waals surface area contributed by atoms with E-state index in [4.69, 9.17) is 10.8 Å². The van der Waals surface area contributed by atoms with Crippen LogP contribution < -0.4 is 11.1 Å². The number of carbonyl (C=O) groups is 2. The Hall–Kier alpha value is -1.89. The Labute approximate surface area is 105 Å². The van der Waals surface area contributed by atoms with Crippen LogP contribution in [-0.4, -0.2) is 32.8 Å². The molecule has 1 rings (SSSR count). The van der Waals surface area contributed by atoms with Crippen LogP contribution in [0.3, 0.4) is 0 Å². The van der Waals surface area contributed by atoms with Gasteiger partial charge in [0.25, 0.3) is 0 Å². The van der Waals surface area contributed by atoms with Gasteiger partial charge >= 0.3 is 5.97 Å². The molecular weight excluding hydrogens is 236 g/mol. The zero-order valence-electron chi connectivity index (χ0n) is 10.5. The molecule has 1 aromatic rings. The molecule has 7 nitrogen and oxygen atoms in total. The monoisotopic (exact) mass is 254 g/mol. The minimum absolute atomic E-state index is 0.111. The summed E-state index contributed by atoms with van der Waals surface area (Å²) in [4.78, 5) is 21.9. The zero-order chi connectivity index (χ0) is 13.7. The molecular formula is C11H18N4O3. The predicted octanol–water partition coefficient (Wildman–Crippen LogP) is -0.463. The standard InChI is InChI=1S/C11H18N4O3/c1-7-8(6-15(2)14-7)5-13-11(18)9(12)3-4-10(16)17/h6,9H,3-5,12H2,1-2H3,(H,13,18)(H,16,17). The summed E-state index contributed by atoms with van der Waals surface area (Å²) in [7, 11) is 1.80. The molecule has 1 atom stereocenters. The third kappa shape index (κ3) is 4.17. The van der Waals surface area contributed by atoms with Crippen molar-refractivity contribution in [3.05, 3.63) is 17.5 Å². The van der Waals surface area contributed by atoms with E-state index in [0.717, 1.165) is 11.3 Å². The Morgan fingerprint density at radius 3 is 2.78 bits per heavy atom. The van der Waals surface area contributed by atoms with Gasteiger partial charge in [0.15, 0.2) is 0 Å². The number of carboxylic acids is 1. The molecule has 100 valence electrons. The second kappa shape index (κ2) is 6.15. The summed E-state index contributed by atoms with van der Waals surface area (Å²) in [6.45, 7) is 2.20. The highest BCUT2D eigenvalue weighted by molar-refractivity contribution is 5.82. The molecule has 18 heavy (non-hydrogen) atoms. The van der Waals surface area contributed by atoms with Crippen LogP contribution in [0.25, 0.3) is 0 Å². The third-order valence-corrected chi connectivity index (χ3v) is 2.57. The van der Waals surface area contributed by atoms with Crippen molar-refractivity contribution in [2.24, 2.45) is 12.8 Å². The SMILES string of the molecule is Cc1nn(C)cc1CNC(=O)C(N)CCC(=O)O. The van der Waals surface area contributed by atoms with E-state index >= 15 is 0 Å². The number of nitrogens with one attached hydrogen (secondary N) is 1. The van der Waals surface area contributed by atoms with Crippen molar-refractivity contribution in [3.63, 3.8) is 0 Å². The molecule has 0 saturated heterocycles. The van der Waals surface area contributed by atoms with Gasteiger partial charge in [0.05, 0.1) is 11.7 Å². The van der Waals surface area contributed by atoms with Gasteiger partial charge in [0.1, 0.15) is 0 Å². The molecule has 1 aromatic heterocycles. The topological polar surface area (TPSA) is 110 Å².